The molecule has 1 aliphatic heterocycles. The van der Waals surface area contributed by atoms with E-state index in [0.717, 1.165) is 5.92 Å². The van der Waals surface area contributed by atoms with Crippen molar-refractivity contribution in [2.75, 3.05) is 7.11 Å². The van der Waals surface area contributed by atoms with Crippen molar-refractivity contribution in [2.24, 2.45) is 5.92 Å². The van der Waals surface area contributed by atoms with Crippen LogP contribution in [0.4, 0.5) is 0 Å². The maximum absolute atomic E-state index is 5.59. The molecule has 1 saturated heterocycles. The lowest BCUT2D eigenvalue weighted by atomic mass is 9.85. The number of hydrogen-bond acceptors (Lipinski definition) is 2. The van der Waals surface area contributed by atoms with Gasteiger partial charge >= 0.3 is 0 Å². The van der Waals surface area contributed by atoms with Gasteiger partial charge in [-0.15, -0.1) is 0 Å². The van der Waals surface area contributed by atoms with Gasteiger partial charge in [0, 0.05) is 7.11 Å². The molecule has 3 atom stereocenters. The SMILES string of the molecule is CO[Si](C)(C)CCCCCCC1CCC2OC2C1. The van der Waals surface area contributed by atoms with Crippen LogP contribution in [0.5, 0.6) is 0 Å². The van der Waals surface area contributed by atoms with Crippen molar-refractivity contribution in [1.82, 2.24) is 0 Å². The highest BCUT2D eigenvalue weighted by Crippen LogP contribution is 2.41. The van der Waals surface area contributed by atoms with Crippen molar-refractivity contribution in [3.8, 4) is 0 Å². The summed E-state index contributed by atoms with van der Waals surface area (Å²) in [5, 5.41) is 0. The van der Waals surface area contributed by atoms with Crippen molar-refractivity contribution < 1.29 is 9.16 Å². The fourth-order valence-electron chi connectivity index (χ4n) is 3.19. The van der Waals surface area contributed by atoms with Crippen molar-refractivity contribution in [2.45, 2.75) is 82.7 Å². The smallest absolute Gasteiger partial charge is 0.186 e. The van der Waals surface area contributed by atoms with Gasteiger partial charge in [-0.05, 0) is 44.3 Å². The fourth-order valence-corrected chi connectivity index (χ4v) is 4.49. The zero-order chi connectivity index (χ0) is 13.0. The molecule has 106 valence electrons. The first-order chi connectivity index (χ1) is 8.61. The van der Waals surface area contributed by atoms with E-state index >= 15 is 0 Å². The largest absolute Gasteiger partial charge is 0.420 e. The number of epoxide rings is 1. The predicted octanol–water partition coefficient (Wildman–Crippen LogP) is 4.36. The molecule has 1 heterocycles. The lowest BCUT2D eigenvalue weighted by Gasteiger charge is -2.20. The van der Waals surface area contributed by atoms with Crippen LogP contribution in [0.1, 0.15) is 51.4 Å². The Kier molecular flexibility index (Phi) is 5.28. The monoisotopic (exact) mass is 270 g/mol. The summed E-state index contributed by atoms with van der Waals surface area (Å²) in [4.78, 5) is 0. The van der Waals surface area contributed by atoms with Crippen LogP contribution < -0.4 is 0 Å². The van der Waals surface area contributed by atoms with E-state index in [1.165, 1.54) is 57.4 Å². The molecule has 0 N–H and O–H groups in total. The standard InChI is InChI=1S/C15H30O2Si/c1-16-18(2,3)11-7-5-4-6-8-13-9-10-14-15(12-13)17-14/h13-15H,4-12H2,1-3H3. The molecular formula is C15H30O2Si. The van der Waals surface area contributed by atoms with Crippen molar-refractivity contribution in [3.05, 3.63) is 0 Å². The first-order valence-electron chi connectivity index (χ1n) is 7.81. The van der Waals surface area contributed by atoms with Crippen LogP contribution in [0.2, 0.25) is 19.1 Å². The minimum atomic E-state index is -1.29. The Hall–Kier alpha value is 0.137. The Morgan fingerprint density at radius 1 is 1.06 bits per heavy atom. The van der Waals surface area contributed by atoms with Gasteiger partial charge in [-0.1, -0.05) is 32.1 Å². The molecule has 2 aliphatic rings. The molecule has 1 saturated carbocycles. The molecular weight excluding hydrogens is 240 g/mol. The number of ether oxygens (including phenoxy) is 1. The molecule has 2 rings (SSSR count). The number of hydrogen-bond donors (Lipinski definition) is 0. The first-order valence-corrected chi connectivity index (χ1v) is 10.9. The van der Waals surface area contributed by atoms with Gasteiger partial charge in [0.05, 0.1) is 12.2 Å². The lowest BCUT2D eigenvalue weighted by Crippen LogP contribution is -2.27. The Bertz CT molecular complexity index is 255. The summed E-state index contributed by atoms with van der Waals surface area (Å²) in [5.74, 6) is 0.971. The third-order valence-electron chi connectivity index (χ3n) is 4.81. The van der Waals surface area contributed by atoms with Gasteiger partial charge in [-0.25, -0.2) is 0 Å². The molecule has 0 aromatic rings. The van der Waals surface area contributed by atoms with Gasteiger partial charge in [-0.3, -0.25) is 0 Å². The van der Waals surface area contributed by atoms with Crippen molar-refractivity contribution in [1.29, 1.82) is 0 Å². The minimum absolute atomic E-state index is 0.664. The Morgan fingerprint density at radius 2 is 1.83 bits per heavy atom. The van der Waals surface area contributed by atoms with Gasteiger partial charge in [0.2, 0.25) is 0 Å². The summed E-state index contributed by atoms with van der Waals surface area (Å²) in [6, 6.07) is 1.32. The Morgan fingerprint density at radius 3 is 2.56 bits per heavy atom. The number of rotatable bonds is 8. The molecule has 1 aliphatic carbocycles. The molecule has 0 spiro atoms. The average molecular weight is 270 g/mol. The first kappa shape index (κ1) is 14.5. The number of fused-ring (bicyclic) bond motifs is 1. The van der Waals surface area contributed by atoms with Crippen LogP contribution in [0.3, 0.4) is 0 Å². The highest BCUT2D eigenvalue weighted by molar-refractivity contribution is 6.71. The van der Waals surface area contributed by atoms with E-state index < -0.39 is 8.32 Å². The third-order valence-corrected chi connectivity index (χ3v) is 7.47. The van der Waals surface area contributed by atoms with E-state index in [0.29, 0.717) is 12.2 Å². The van der Waals surface area contributed by atoms with Crippen molar-refractivity contribution >= 4 is 8.32 Å². The summed E-state index contributed by atoms with van der Waals surface area (Å²) in [6.07, 6.45) is 12.5. The van der Waals surface area contributed by atoms with Crippen LogP contribution in [0.25, 0.3) is 0 Å². The predicted molar refractivity (Wildman–Crippen MR) is 78.4 cm³/mol. The van der Waals surface area contributed by atoms with Crippen LogP contribution in [-0.2, 0) is 9.16 Å². The van der Waals surface area contributed by atoms with Crippen LogP contribution >= 0.6 is 0 Å². The number of unbranched alkanes of at least 4 members (excludes halogenated alkanes) is 3. The molecule has 0 radical (unpaired) electrons. The highest BCUT2D eigenvalue weighted by atomic mass is 28.4. The topological polar surface area (TPSA) is 21.8 Å². The summed E-state index contributed by atoms with van der Waals surface area (Å²) in [7, 11) is 0.588. The van der Waals surface area contributed by atoms with E-state index in [4.69, 9.17) is 9.16 Å². The van der Waals surface area contributed by atoms with Crippen molar-refractivity contribution in [3.63, 3.8) is 0 Å². The van der Waals surface area contributed by atoms with E-state index in [9.17, 15) is 0 Å². The van der Waals surface area contributed by atoms with Crippen LogP contribution in [0.15, 0.2) is 0 Å². The zero-order valence-electron chi connectivity index (χ0n) is 12.4. The normalized spacial score (nSPS) is 31.2. The van der Waals surface area contributed by atoms with Gasteiger partial charge in [-0.2, -0.15) is 0 Å². The zero-order valence-corrected chi connectivity index (χ0v) is 13.4. The van der Waals surface area contributed by atoms with Crippen LogP contribution in [-0.4, -0.2) is 27.6 Å². The second-order valence-corrected chi connectivity index (χ2v) is 11.2. The molecule has 0 bridgehead atoms. The van der Waals surface area contributed by atoms with Crippen LogP contribution in [0, 0.1) is 5.92 Å². The lowest BCUT2D eigenvalue weighted by molar-refractivity contribution is 0.343. The molecule has 3 unspecified atom stereocenters. The molecule has 18 heavy (non-hydrogen) atoms. The fraction of sp³-hybridized carbons (Fsp3) is 1.00. The molecule has 0 amide bonds. The van der Waals surface area contributed by atoms with Gasteiger partial charge in [0.1, 0.15) is 0 Å². The highest BCUT2D eigenvalue weighted by Gasteiger charge is 2.43. The third kappa shape index (κ3) is 4.67. The second-order valence-electron chi connectivity index (χ2n) is 6.81. The Balaban J connectivity index is 1.44. The Labute approximate surface area is 114 Å². The maximum atomic E-state index is 5.59. The van der Waals surface area contributed by atoms with Gasteiger partial charge in [0.25, 0.3) is 0 Å². The van der Waals surface area contributed by atoms with Gasteiger partial charge in [0.15, 0.2) is 8.32 Å². The second kappa shape index (κ2) is 6.53. The molecule has 3 heteroatoms. The summed E-state index contributed by atoms with van der Waals surface area (Å²) >= 11 is 0. The maximum Gasteiger partial charge on any atom is 0.186 e. The molecule has 0 aromatic carbocycles. The molecule has 2 fully saturated rings. The van der Waals surface area contributed by atoms with E-state index in [1.54, 1.807) is 0 Å². The van der Waals surface area contributed by atoms with E-state index in [1.807, 2.05) is 7.11 Å². The van der Waals surface area contributed by atoms with E-state index in [2.05, 4.69) is 13.1 Å². The van der Waals surface area contributed by atoms with Gasteiger partial charge < -0.3 is 9.16 Å². The minimum Gasteiger partial charge on any atom is -0.420 e. The molecule has 2 nitrogen and oxygen atoms in total. The quantitative estimate of drug-likeness (QED) is 0.371. The average Bonchev–Trinajstić information content (AvgIpc) is 3.12. The molecule has 0 aromatic heterocycles. The van der Waals surface area contributed by atoms with E-state index in [-0.39, 0.29) is 0 Å². The summed E-state index contributed by atoms with van der Waals surface area (Å²) in [6.45, 7) is 4.64. The summed E-state index contributed by atoms with van der Waals surface area (Å²) in [5.41, 5.74) is 0. The summed E-state index contributed by atoms with van der Waals surface area (Å²) < 4.78 is 11.2.